The van der Waals surface area contributed by atoms with Gasteiger partial charge in [0.1, 0.15) is 0 Å². The molecule has 1 aliphatic heterocycles. The Kier molecular flexibility index (Phi) is 3.75. The van der Waals surface area contributed by atoms with Gasteiger partial charge in [-0.1, -0.05) is 36.4 Å². The summed E-state index contributed by atoms with van der Waals surface area (Å²) in [4.78, 5) is 14.2. The average Bonchev–Trinajstić information content (AvgIpc) is 3.38. The minimum Gasteiger partial charge on any atom is -0.389 e. The Labute approximate surface area is 153 Å². The zero-order valence-corrected chi connectivity index (χ0v) is 14.8. The maximum atomic E-state index is 12.3. The average molecular weight is 348 g/mol. The molecule has 1 aromatic heterocycles. The second-order valence-electron chi connectivity index (χ2n) is 7.90. The summed E-state index contributed by atoms with van der Waals surface area (Å²) < 4.78 is 2.19. The van der Waals surface area contributed by atoms with Gasteiger partial charge < -0.3 is 14.6 Å². The van der Waals surface area contributed by atoms with Gasteiger partial charge in [-0.2, -0.15) is 0 Å². The zero-order valence-electron chi connectivity index (χ0n) is 14.8. The molecule has 2 unspecified atom stereocenters. The number of likely N-dealkylation sites (tertiary alicyclic amines) is 1. The van der Waals surface area contributed by atoms with Gasteiger partial charge in [0.2, 0.25) is 5.91 Å². The second kappa shape index (κ2) is 6.13. The number of benzene rings is 2. The van der Waals surface area contributed by atoms with Gasteiger partial charge in [0.25, 0.3) is 0 Å². The molecule has 0 radical (unpaired) electrons. The number of aliphatic hydroxyl groups excluding tert-OH is 1. The van der Waals surface area contributed by atoms with Crippen LogP contribution in [0.15, 0.2) is 48.5 Å². The highest BCUT2D eigenvalue weighted by Gasteiger charge is 2.40. The van der Waals surface area contributed by atoms with Crippen LogP contribution in [-0.4, -0.2) is 39.7 Å². The minimum absolute atomic E-state index is 0.211. The van der Waals surface area contributed by atoms with E-state index in [2.05, 4.69) is 41.0 Å². The number of carbonyl (C=O) groups excluding carboxylic acids is 1. The van der Waals surface area contributed by atoms with Crippen molar-refractivity contribution in [2.24, 2.45) is 11.8 Å². The van der Waals surface area contributed by atoms with Crippen LogP contribution in [0.3, 0.4) is 0 Å². The smallest absolute Gasteiger partial charge is 0.223 e. The Balaban J connectivity index is 1.39. The number of β-amino-alcohol motifs (C(OH)–C–C–N with tert-alkyl or cyclic N) is 1. The molecule has 1 saturated carbocycles. The van der Waals surface area contributed by atoms with Crippen molar-refractivity contribution in [3.8, 4) is 0 Å². The lowest BCUT2D eigenvalue weighted by Gasteiger charge is -2.22. The van der Waals surface area contributed by atoms with Crippen LogP contribution in [0, 0.1) is 11.8 Å². The maximum Gasteiger partial charge on any atom is 0.223 e. The summed E-state index contributed by atoms with van der Waals surface area (Å²) in [7, 11) is 0. The van der Waals surface area contributed by atoms with E-state index in [0.29, 0.717) is 25.4 Å². The lowest BCUT2D eigenvalue weighted by Crippen LogP contribution is -2.35. The normalized spacial score (nSPS) is 21.8. The van der Waals surface area contributed by atoms with Crippen molar-refractivity contribution in [3.05, 3.63) is 48.5 Å². The molecule has 2 fully saturated rings. The van der Waals surface area contributed by atoms with Crippen LogP contribution in [0.4, 0.5) is 0 Å². The molecule has 1 N–H and O–H groups in total. The van der Waals surface area contributed by atoms with Crippen LogP contribution >= 0.6 is 0 Å². The minimum atomic E-state index is -0.559. The van der Waals surface area contributed by atoms with Crippen LogP contribution in [0.25, 0.3) is 21.8 Å². The zero-order chi connectivity index (χ0) is 17.7. The van der Waals surface area contributed by atoms with Crippen LogP contribution in [0.5, 0.6) is 0 Å². The molecule has 4 heteroatoms. The third-order valence-electron chi connectivity index (χ3n) is 6.04. The quantitative estimate of drug-likeness (QED) is 0.768. The molecular formula is C22H24N2O2. The molecule has 2 aliphatic rings. The highest BCUT2D eigenvalue weighted by atomic mass is 16.3. The standard InChI is InChI=1S/C22H24N2O2/c25-17(13-23-12-16(11-22(23)26)15-9-10-15)14-24-20-7-3-1-5-18(20)19-6-2-4-8-21(19)24/h1-8,15-17,25H,9-14H2. The number of rotatable bonds is 5. The molecule has 1 aliphatic carbocycles. The first-order valence-electron chi connectivity index (χ1n) is 9.62. The fourth-order valence-corrected chi connectivity index (χ4v) is 4.59. The van der Waals surface area contributed by atoms with Gasteiger partial charge in [-0.15, -0.1) is 0 Å². The first-order valence-corrected chi connectivity index (χ1v) is 9.62. The summed E-state index contributed by atoms with van der Waals surface area (Å²) in [6.07, 6.45) is 2.66. The van der Waals surface area contributed by atoms with Gasteiger partial charge in [-0.25, -0.2) is 0 Å². The third-order valence-corrected chi connectivity index (χ3v) is 6.04. The number of hydrogen-bond donors (Lipinski definition) is 1. The van der Waals surface area contributed by atoms with Crippen molar-refractivity contribution in [3.63, 3.8) is 0 Å². The summed E-state index contributed by atoms with van der Waals surface area (Å²) >= 11 is 0. The van der Waals surface area contributed by atoms with Gasteiger partial charge in [0, 0.05) is 41.3 Å². The highest BCUT2D eigenvalue weighted by Crippen LogP contribution is 2.41. The summed E-state index contributed by atoms with van der Waals surface area (Å²) in [5.74, 6) is 1.48. The van der Waals surface area contributed by atoms with Crippen LogP contribution in [0.1, 0.15) is 19.3 Å². The summed E-state index contributed by atoms with van der Waals surface area (Å²) in [5.41, 5.74) is 2.27. The Bertz CT molecular complexity index is 919. The van der Waals surface area contributed by atoms with Crippen molar-refractivity contribution >= 4 is 27.7 Å². The number of amides is 1. The van der Waals surface area contributed by atoms with Crippen molar-refractivity contribution < 1.29 is 9.90 Å². The predicted molar refractivity (Wildman–Crippen MR) is 103 cm³/mol. The Morgan fingerprint density at radius 2 is 1.54 bits per heavy atom. The summed E-state index contributed by atoms with van der Waals surface area (Å²) in [5, 5.41) is 13.2. The molecule has 3 aromatic rings. The Morgan fingerprint density at radius 1 is 0.923 bits per heavy atom. The lowest BCUT2D eigenvalue weighted by molar-refractivity contribution is -0.129. The Hall–Kier alpha value is -2.33. The molecule has 1 amide bonds. The topological polar surface area (TPSA) is 45.5 Å². The molecule has 4 nitrogen and oxygen atoms in total. The van der Waals surface area contributed by atoms with Gasteiger partial charge in [-0.3, -0.25) is 4.79 Å². The van der Waals surface area contributed by atoms with E-state index < -0.39 is 6.10 Å². The van der Waals surface area contributed by atoms with Gasteiger partial charge in [0.05, 0.1) is 12.6 Å². The molecular weight excluding hydrogens is 324 g/mol. The van der Waals surface area contributed by atoms with E-state index in [4.69, 9.17) is 0 Å². The fraction of sp³-hybridized carbons (Fsp3) is 0.409. The van der Waals surface area contributed by atoms with Crippen molar-refractivity contribution in [1.82, 2.24) is 9.47 Å². The Morgan fingerprint density at radius 3 is 2.15 bits per heavy atom. The number of hydrogen-bond acceptors (Lipinski definition) is 2. The molecule has 2 atom stereocenters. The van der Waals surface area contributed by atoms with Crippen molar-refractivity contribution in [2.45, 2.75) is 31.9 Å². The van der Waals surface area contributed by atoms with E-state index in [-0.39, 0.29) is 5.91 Å². The fourth-order valence-electron chi connectivity index (χ4n) is 4.59. The van der Waals surface area contributed by atoms with Gasteiger partial charge in [-0.05, 0) is 36.8 Å². The number of para-hydroxylation sites is 2. The van der Waals surface area contributed by atoms with E-state index in [1.54, 1.807) is 0 Å². The number of carbonyl (C=O) groups is 1. The summed E-state index contributed by atoms with van der Waals surface area (Å²) in [6.45, 7) is 1.77. The third kappa shape index (κ3) is 2.69. The molecule has 0 spiro atoms. The molecule has 5 rings (SSSR count). The van der Waals surface area contributed by atoms with E-state index in [1.165, 1.54) is 23.6 Å². The largest absolute Gasteiger partial charge is 0.389 e. The molecule has 0 bridgehead atoms. The number of aliphatic hydroxyl groups is 1. The molecule has 1 saturated heterocycles. The number of aromatic nitrogens is 1. The second-order valence-corrected chi connectivity index (χ2v) is 7.90. The maximum absolute atomic E-state index is 12.3. The van der Waals surface area contributed by atoms with Crippen molar-refractivity contribution in [1.29, 1.82) is 0 Å². The van der Waals surface area contributed by atoms with Crippen LogP contribution in [0.2, 0.25) is 0 Å². The first-order chi connectivity index (χ1) is 12.7. The van der Waals surface area contributed by atoms with Gasteiger partial charge in [0.15, 0.2) is 0 Å². The SMILES string of the molecule is O=C1CC(C2CC2)CN1CC(O)Cn1c2ccccc2c2ccccc21. The van der Waals surface area contributed by atoms with E-state index in [0.717, 1.165) is 23.5 Å². The molecule has 2 heterocycles. The first kappa shape index (κ1) is 15.9. The predicted octanol–water partition coefficient (Wildman–Crippen LogP) is 3.41. The molecule has 134 valence electrons. The van der Waals surface area contributed by atoms with Crippen LogP contribution < -0.4 is 0 Å². The molecule has 2 aromatic carbocycles. The van der Waals surface area contributed by atoms with Crippen molar-refractivity contribution in [2.75, 3.05) is 13.1 Å². The summed E-state index contributed by atoms with van der Waals surface area (Å²) in [6, 6.07) is 16.6. The monoisotopic (exact) mass is 348 g/mol. The lowest BCUT2D eigenvalue weighted by atomic mass is 10.0. The van der Waals surface area contributed by atoms with E-state index in [9.17, 15) is 9.90 Å². The van der Waals surface area contributed by atoms with E-state index in [1.807, 2.05) is 17.0 Å². The van der Waals surface area contributed by atoms with Crippen LogP contribution in [-0.2, 0) is 11.3 Å². The van der Waals surface area contributed by atoms with E-state index >= 15 is 0 Å². The van der Waals surface area contributed by atoms with Gasteiger partial charge >= 0.3 is 0 Å². The number of nitrogens with zero attached hydrogens (tertiary/aromatic N) is 2. The highest BCUT2D eigenvalue weighted by molar-refractivity contribution is 6.07. The molecule has 26 heavy (non-hydrogen) atoms. The number of fused-ring (bicyclic) bond motifs is 3.